The molecular weight excluding hydrogens is 294 g/mol. The van der Waals surface area contributed by atoms with Crippen LogP contribution in [0.15, 0.2) is 29.2 Å². The predicted molar refractivity (Wildman–Crippen MR) is 75.4 cm³/mol. The number of hydrogen-bond donors (Lipinski definition) is 0. The summed E-state index contributed by atoms with van der Waals surface area (Å²) in [5, 5.41) is 0. The number of carbonyl (C=O) groups excluding carboxylic acids is 2. The highest BCUT2D eigenvalue weighted by molar-refractivity contribution is 7.89. The van der Waals surface area contributed by atoms with E-state index >= 15 is 0 Å². The van der Waals surface area contributed by atoms with Gasteiger partial charge in [0.2, 0.25) is 10.0 Å². The summed E-state index contributed by atoms with van der Waals surface area (Å²) in [5.41, 5.74) is 0.316. The number of carbonyl (C=O) groups is 2. The van der Waals surface area contributed by atoms with Crippen LogP contribution in [0.4, 0.5) is 0 Å². The highest BCUT2D eigenvalue weighted by Crippen LogP contribution is 2.21. The van der Waals surface area contributed by atoms with Crippen LogP contribution in [0.3, 0.4) is 0 Å². The minimum atomic E-state index is -3.47. The van der Waals surface area contributed by atoms with Crippen molar-refractivity contribution in [3.05, 3.63) is 29.8 Å². The number of benzene rings is 1. The van der Waals surface area contributed by atoms with Crippen LogP contribution < -0.4 is 0 Å². The van der Waals surface area contributed by atoms with Gasteiger partial charge in [-0.15, -0.1) is 0 Å². The number of rotatable bonds is 5. The molecule has 0 unspecified atom stereocenters. The minimum absolute atomic E-state index is 0.174. The Morgan fingerprint density at radius 1 is 1.14 bits per heavy atom. The van der Waals surface area contributed by atoms with Crippen molar-refractivity contribution >= 4 is 21.8 Å². The zero-order valence-electron chi connectivity index (χ0n) is 11.7. The van der Waals surface area contributed by atoms with E-state index in [9.17, 15) is 18.0 Å². The van der Waals surface area contributed by atoms with Gasteiger partial charge in [-0.25, -0.2) is 8.42 Å². The molecule has 0 aliphatic carbocycles. The normalized spacial score (nSPS) is 15.9. The third-order valence-electron chi connectivity index (χ3n) is 3.29. The van der Waals surface area contributed by atoms with Crippen LogP contribution in [0, 0.1) is 0 Å². The molecule has 6 nitrogen and oxygen atoms in total. The zero-order valence-corrected chi connectivity index (χ0v) is 12.6. The topological polar surface area (TPSA) is 80.8 Å². The van der Waals surface area contributed by atoms with Crippen LogP contribution in [-0.2, 0) is 19.6 Å². The van der Waals surface area contributed by atoms with Crippen molar-refractivity contribution in [1.29, 1.82) is 0 Å². The fraction of sp³-hybridized carbons (Fsp3) is 0.429. The van der Waals surface area contributed by atoms with Crippen molar-refractivity contribution in [3.8, 4) is 0 Å². The van der Waals surface area contributed by atoms with Crippen LogP contribution in [0.1, 0.15) is 30.1 Å². The van der Waals surface area contributed by atoms with E-state index in [-0.39, 0.29) is 17.3 Å². The highest BCUT2D eigenvalue weighted by Gasteiger charge is 2.27. The van der Waals surface area contributed by atoms with Crippen LogP contribution in [-0.4, -0.2) is 44.2 Å². The molecule has 1 heterocycles. The van der Waals surface area contributed by atoms with Crippen LogP contribution in [0.2, 0.25) is 0 Å². The molecule has 1 fully saturated rings. The Kier molecular flexibility index (Phi) is 4.74. The molecule has 0 aromatic heterocycles. The molecule has 1 aliphatic rings. The molecule has 2 rings (SSSR count). The Hall–Kier alpha value is -1.73. The van der Waals surface area contributed by atoms with Gasteiger partial charge in [0.15, 0.2) is 12.4 Å². The molecule has 0 N–H and O–H groups in total. The summed E-state index contributed by atoms with van der Waals surface area (Å²) in [5.74, 6) is -0.896. The van der Waals surface area contributed by atoms with Crippen molar-refractivity contribution in [2.24, 2.45) is 0 Å². The van der Waals surface area contributed by atoms with E-state index in [0.29, 0.717) is 18.7 Å². The average Bonchev–Trinajstić information content (AvgIpc) is 2.99. The fourth-order valence-corrected chi connectivity index (χ4v) is 3.66. The fourth-order valence-electron chi connectivity index (χ4n) is 2.14. The number of esters is 1. The second-order valence-electron chi connectivity index (χ2n) is 4.84. The lowest BCUT2D eigenvalue weighted by atomic mass is 10.1. The lowest BCUT2D eigenvalue weighted by molar-refractivity contribution is -0.139. The smallest absolute Gasteiger partial charge is 0.303 e. The average molecular weight is 311 g/mol. The molecule has 0 atom stereocenters. The predicted octanol–water partition coefficient (Wildman–Crippen LogP) is 1.22. The Labute approximate surface area is 123 Å². The molecule has 1 aromatic rings. The van der Waals surface area contributed by atoms with Gasteiger partial charge in [0.25, 0.3) is 0 Å². The standard InChI is InChI=1S/C14H17NO5S/c1-11(16)20-10-14(17)12-4-6-13(7-5-12)21(18,19)15-8-2-3-9-15/h4-7H,2-3,8-10H2,1H3. The lowest BCUT2D eigenvalue weighted by Gasteiger charge is -2.15. The van der Waals surface area contributed by atoms with Gasteiger partial charge < -0.3 is 4.74 Å². The Morgan fingerprint density at radius 3 is 2.24 bits per heavy atom. The molecular formula is C14H17NO5S. The van der Waals surface area contributed by atoms with Crippen molar-refractivity contribution in [3.63, 3.8) is 0 Å². The molecule has 1 aliphatic heterocycles. The van der Waals surface area contributed by atoms with Gasteiger partial charge in [0.05, 0.1) is 4.90 Å². The summed E-state index contributed by atoms with van der Waals surface area (Å²) in [6, 6.07) is 5.70. The quantitative estimate of drug-likeness (QED) is 0.603. The number of sulfonamides is 1. The molecule has 114 valence electrons. The molecule has 1 saturated heterocycles. The molecule has 0 amide bonds. The van der Waals surface area contributed by atoms with Crippen LogP contribution in [0.25, 0.3) is 0 Å². The molecule has 0 radical (unpaired) electrons. The second-order valence-corrected chi connectivity index (χ2v) is 6.78. The van der Waals surface area contributed by atoms with Gasteiger partial charge in [0.1, 0.15) is 0 Å². The molecule has 0 spiro atoms. The van der Waals surface area contributed by atoms with Crippen LogP contribution >= 0.6 is 0 Å². The highest BCUT2D eigenvalue weighted by atomic mass is 32.2. The van der Waals surface area contributed by atoms with E-state index in [1.165, 1.54) is 35.5 Å². The summed E-state index contributed by atoms with van der Waals surface area (Å²) in [7, 11) is -3.47. The first-order valence-corrected chi connectivity index (χ1v) is 8.12. The van der Waals surface area contributed by atoms with Gasteiger partial charge in [0, 0.05) is 25.6 Å². The van der Waals surface area contributed by atoms with E-state index < -0.39 is 16.0 Å². The largest absolute Gasteiger partial charge is 0.457 e. The van der Waals surface area contributed by atoms with Crippen molar-refractivity contribution < 1.29 is 22.7 Å². The number of Topliss-reactive ketones (excluding diaryl/α,β-unsaturated/α-hetero) is 1. The second kappa shape index (κ2) is 6.36. The summed E-state index contributed by atoms with van der Waals surface area (Å²) in [4.78, 5) is 22.6. The summed E-state index contributed by atoms with van der Waals surface area (Å²) >= 11 is 0. The maximum absolute atomic E-state index is 12.3. The Morgan fingerprint density at radius 2 is 1.71 bits per heavy atom. The van der Waals surface area contributed by atoms with E-state index in [1.54, 1.807) is 0 Å². The zero-order chi connectivity index (χ0) is 15.5. The molecule has 21 heavy (non-hydrogen) atoms. The third-order valence-corrected chi connectivity index (χ3v) is 5.20. The van der Waals surface area contributed by atoms with Crippen LogP contribution in [0.5, 0.6) is 0 Å². The van der Waals surface area contributed by atoms with Gasteiger partial charge in [-0.05, 0) is 37.1 Å². The van der Waals surface area contributed by atoms with Crippen molar-refractivity contribution in [1.82, 2.24) is 4.31 Å². The van der Waals surface area contributed by atoms with Crippen molar-refractivity contribution in [2.45, 2.75) is 24.7 Å². The molecule has 7 heteroatoms. The van der Waals surface area contributed by atoms with Gasteiger partial charge in [-0.3, -0.25) is 9.59 Å². The number of ether oxygens (including phenoxy) is 1. The van der Waals surface area contributed by atoms with E-state index in [4.69, 9.17) is 0 Å². The first-order valence-electron chi connectivity index (χ1n) is 6.68. The first-order chi connectivity index (χ1) is 9.91. The maximum atomic E-state index is 12.3. The minimum Gasteiger partial charge on any atom is -0.457 e. The van der Waals surface area contributed by atoms with Gasteiger partial charge >= 0.3 is 5.97 Å². The van der Waals surface area contributed by atoms with Gasteiger partial charge in [-0.1, -0.05) is 0 Å². The van der Waals surface area contributed by atoms with E-state index in [2.05, 4.69) is 4.74 Å². The Bertz CT molecular complexity index is 630. The summed E-state index contributed by atoms with van der Waals surface area (Å²) in [6.07, 6.45) is 1.75. The molecule has 0 bridgehead atoms. The maximum Gasteiger partial charge on any atom is 0.303 e. The first kappa shape index (κ1) is 15.7. The van der Waals surface area contributed by atoms with Crippen molar-refractivity contribution in [2.75, 3.05) is 19.7 Å². The lowest BCUT2D eigenvalue weighted by Crippen LogP contribution is -2.27. The van der Waals surface area contributed by atoms with E-state index in [0.717, 1.165) is 12.8 Å². The monoisotopic (exact) mass is 311 g/mol. The summed E-state index contributed by atoms with van der Waals surface area (Å²) < 4.78 is 30.7. The number of ketones is 1. The van der Waals surface area contributed by atoms with Gasteiger partial charge in [-0.2, -0.15) is 4.31 Å². The van der Waals surface area contributed by atoms with E-state index in [1.807, 2.05) is 0 Å². The summed E-state index contributed by atoms with van der Waals surface area (Å²) in [6.45, 7) is 1.96. The molecule has 1 aromatic carbocycles. The SMILES string of the molecule is CC(=O)OCC(=O)c1ccc(S(=O)(=O)N2CCCC2)cc1. The number of nitrogens with zero attached hydrogens (tertiary/aromatic N) is 1. The molecule has 0 saturated carbocycles. The third kappa shape index (κ3) is 3.68. The Balaban J connectivity index is 2.11. The number of hydrogen-bond acceptors (Lipinski definition) is 5.